The average Bonchev–Trinajstić information content (AvgIpc) is 2.90. The maximum Gasteiger partial charge on any atom is 0.338 e. The fourth-order valence-electron chi connectivity index (χ4n) is 4.16. The number of ether oxygens (including phenoxy) is 1. The van der Waals surface area contributed by atoms with E-state index in [0.717, 1.165) is 43.3 Å². The molecule has 0 radical (unpaired) electrons. The molecule has 112 valence electrons. The van der Waals surface area contributed by atoms with Gasteiger partial charge < -0.3 is 10.1 Å². The molecule has 3 aliphatic rings. The Balaban J connectivity index is 1.61. The number of carbonyl (C=O) groups excluding carboxylic acids is 1. The summed E-state index contributed by atoms with van der Waals surface area (Å²) in [5.74, 6) is 0.436. The largest absolute Gasteiger partial charge is 0.457 e. The topological polar surface area (TPSA) is 41.6 Å². The highest BCUT2D eigenvalue weighted by Crippen LogP contribution is 2.35. The third-order valence-corrected chi connectivity index (χ3v) is 5.42. The Morgan fingerprint density at radius 2 is 2.24 bits per heavy atom. The van der Waals surface area contributed by atoms with Gasteiger partial charge in [0.2, 0.25) is 0 Å². The first-order chi connectivity index (χ1) is 10.2. The molecule has 0 amide bonds. The first-order valence-corrected chi connectivity index (χ1v) is 7.98. The molecular formula is C17H22N2O2. The summed E-state index contributed by atoms with van der Waals surface area (Å²) in [5, 5.41) is 3.49. The van der Waals surface area contributed by atoms with Crippen LogP contribution in [0.1, 0.15) is 45.8 Å². The number of cyclic esters (lactones) is 1. The second-order valence-corrected chi connectivity index (χ2v) is 6.51. The van der Waals surface area contributed by atoms with Gasteiger partial charge in [0.25, 0.3) is 0 Å². The summed E-state index contributed by atoms with van der Waals surface area (Å²) >= 11 is 0. The van der Waals surface area contributed by atoms with E-state index in [0.29, 0.717) is 12.5 Å². The second kappa shape index (κ2) is 5.11. The van der Waals surface area contributed by atoms with Crippen LogP contribution in [0.15, 0.2) is 12.1 Å². The van der Waals surface area contributed by atoms with Gasteiger partial charge in [-0.05, 0) is 42.9 Å². The van der Waals surface area contributed by atoms with Gasteiger partial charge in [0, 0.05) is 37.8 Å². The van der Waals surface area contributed by atoms with Gasteiger partial charge in [-0.1, -0.05) is 6.07 Å². The van der Waals surface area contributed by atoms with E-state index in [4.69, 9.17) is 4.74 Å². The lowest BCUT2D eigenvalue weighted by Gasteiger charge is -2.43. The zero-order valence-corrected chi connectivity index (χ0v) is 12.5. The molecule has 4 rings (SSSR count). The van der Waals surface area contributed by atoms with Gasteiger partial charge in [-0.2, -0.15) is 0 Å². The highest BCUT2D eigenvalue weighted by molar-refractivity contribution is 5.93. The Kier molecular flexibility index (Phi) is 3.23. The maximum atomic E-state index is 11.7. The third kappa shape index (κ3) is 2.17. The smallest absolute Gasteiger partial charge is 0.338 e. The lowest BCUT2D eigenvalue weighted by atomic mass is 9.83. The van der Waals surface area contributed by atoms with Crippen LogP contribution in [0, 0.1) is 6.92 Å². The minimum atomic E-state index is -0.162. The second-order valence-electron chi connectivity index (χ2n) is 6.51. The molecule has 1 N–H and O–H groups in total. The number of hydrogen-bond donors (Lipinski definition) is 1. The molecular weight excluding hydrogens is 264 g/mol. The number of hydrogen-bond acceptors (Lipinski definition) is 4. The van der Waals surface area contributed by atoms with E-state index in [9.17, 15) is 4.79 Å². The highest BCUT2D eigenvalue weighted by atomic mass is 16.5. The van der Waals surface area contributed by atoms with Crippen molar-refractivity contribution in [1.82, 2.24) is 10.2 Å². The molecule has 1 aromatic rings. The van der Waals surface area contributed by atoms with E-state index in [1.54, 1.807) is 0 Å². The molecule has 0 spiro atoms. The van der Waals surface area contributed by atoms with Gasteiger partial charge in [-0.15, -0.1) is 0 Å². The number of nitrogens with one attached hydrogen (secondary N) is 1. The first kappa shape index (κ1) is 13.3. The standard InChI is InChI=1S/C17H22N2O2/c1-11-14(4-5-15-16(11)10-21-17(15)20)12-2-3-13-8-18-6-7-19(13)9-12/h4-5,12-13,18H,2-3,6-10H2,1H3/t12-,13-/m1/s1. The predicted molar refractivity (Wildman–Crippen MR) is 80.5 cm³/mol. The monoisotopic (exact) mass is 286 g/mol. The lowest BCUT2D eigenvalue weighted by Crippen LogP contribution is -2.54. The van der Waals surface area contributed by atoms with Crippen molar-refractivity contribution in [3.63, 3.8) is 0 Å². The number of carbonyl (C=O) groups is 1. The summed E-state index contributed by atoms with van der Waals surface area (Å²) in [6, 6.07) is 4.85. The van der Waals surface area contributed by atoms with Gasteiger partial charge in [0.1, 0.15) is 6.61 Å². The molecule has 3 heterocycles. The zero-order valence-electron chi connectivity index (χ0n) is 12.5. The third-order valence-electron chi connectivity index (χ3n) is 5.42. The van der Waals surface area contributed by atoms with Crippen LogP contribution < -0.4 is 5.32 Å². The summed E-state index contributed by atoms with van der Waals surface area (Å²) in [5.41, 5.74) is 4.58. The van der Waals surface area contributed by atoms with Crippen LogP contribution in [0.3, 0.4) is 0 Å². The Labute approximate surface area is 125 Å². The molecule has 0 aliphatic carbocycles. The molecule has 4 heteroatoms. The molecule has 0 aromatic heterocycles. The summed E-state index contributed by atoms with van der Waals surface area (Å²) in [6.07, 6.45) is 2.51. The number of nitrogens with zero attached hydrogens (tertiary/aromatic N) is 1. The minimum Gasteiger partial charge on any atom is -0.457 e. The van der Waals surface area contributed by atoms with Crippen LogP contribution in [0.2, 0.25) is 0 Å². The van der Waals surface area contributed by atoms with Crippen molar-refractivity contribution < 1.29 is 9.53 Å². The zero-order chi connectivity index (χ0) is 14.4. The minimum absolute atomic E-state index is 0.162. The molecule has 1 aromatic carbocycles. The number of fused-ring (bicyclic) bond motifs is 2. The van der Waals surface area contributed by atoms with Gasteiger partial charge in [-0.25, -0.2) is 4.79 Å². The maximum absolute atomic E-state index is 11.7. The van der Waals surface area contributed by atoms with E-state index in [1.807, 2.05) is 6.07 Å². The van der Waals surface area contributed by atoms with Crippen molar-refractivity contribution in [3.8, 4) is 0 Å². The summed E-state index contributed by atoms with van der Waals surface area (Å²) < 4.78 is 5.17. The molecule has 2 fully saturated rings. The van der Waals surface area contributed by atoms with E-state index in [-0.39, 0.29) is 5.97 Å². The molecule has 2 saturated heterocycles. The van der Waals surface area contributed by atoms with Crippen molar-refractivity contribution in [3.05, 3.63) is 34.4 Å². The van der Waals surface area contributed by atoms with Crippen molar-refractivity contribution in [2.45, 2.75) is 38.3 Å². The van der Waals surface area contributed by atoms with Crippen LogP contribution in [-0.2, 0) is 11.3 Å². The van der Waals surface area contributed by atoms with Crippen LogP contribution >= 0.6 is 0 Å². The summed E-state index contributed by atoms with van der Waals surface area (Å²) in [6.45, 7) is 7.16. The normalized spacial score (nSPS) is 28.9. The number of piperazine rings is 1. The quantitative estimate of drug-likeness (QED) is 0.800. The molecule has 2 atom stereocenters. The van der Waals surface area contributed by atoms with E-state index < -0.39 is 0 Å². The van der Waals surface area contributed by atoms with Crippen LogP contribution in [0.4, 0.5) is 0 Å². The number of esters is 1. The molecule has 21 heavy (non-hydrogen) atoms. The Hall–Kier alpha value is -1.39. The summed E-state index contributed by atoms with van der Waals surface area (Å²) in [7, 11) is 0. The van der Waals surface area contributed by atoms with Gasteiger partial charge in [0.05, 0.1) is 5.56 Å². The Bertz CT molecular complexity index is 584. The van der Waals surface area contributed by atoms with Crippen LogP contribution in [-0.4, -0.2) is 43.1 Å². The Morgan fingerprint density at radius 3 is 3.14 bits per heavy atom. The fourth-order valence-corrected chi connectivity index (χ4v) is 4.16. The van der Waals surface area contributed by atoms with E-state index in [2.05, 4.69) is 23.2 Å². The first-order valence-electron chi connectivity index (χ1n) is 7.98. The fraction of sp³-hybridized carbons (Fsp3) is 0.588. The number of rotatable bonds is 1. The molecule has 3 aliphatic heterocycles. The lowest BCUT2D eigenvalue weighted by molar-refractivity contribution is 0.0535. The van der Waals surface area contributed by atoms with Crippen molar-refractivity contribution in [2.75, 3.05) is 26.2 Å². The Morgan fingerprint density at radius 1 is 1.33 bits per heavy atom. The highest BCUT2D eigenvalue weighted by Gasteiger charge is 2.32. The van der Waals surface area contributed by atoms with Crippen LogP contribution in [0.25, 0.3) is 0 Å². The van der Waals surface area contributed by atoms with E-state index >= 15 is 0 Å². The van der Waals surface area contributed by atoms with E-state index in [1.165, 1.54) is 24.0 Å². The van der Waals surface area contributed by atoms with Crippen molar-refractivity contribution in [2.24, 2.45) is 0 Å². The molecule has 0 bridgehead atoms. The molecule has 0 saturated carbocycles. The van der Waals surface area contributed by atoms with Gasteiger partial charge >= 0.3 is 5.97 Å². The average molecular weight is 286 g/mol. The molecule has 0 unspecified atom stereocenters. The predicted octanol–water partition coefficient (Wildman–Crippen LogP) is 1.82. The number of piperidine rings is 1. The van der Waals surface area contributed by atoms with Crippen molar-refractivity contribution >= 4 is 5.97 Å². The van der Waals surface area contributed by atoms with Gasteiger partial charge in [0.15, 0.2) is 0 Å². The SMILES string of the molecule is Cc1c([C@@H]2CC[C@@H]3CNCCN3C2)ccc2c1COC2=O. The van der Waals surface area contributed by atoms with Crippen LogP contribution in [0.5, 0.6) is 0 Å². The molecule has 4 nitrogen and oxygen atoms in total. The van der Waals surface area contributed by atoms with Gasteiger partial charge in [-0.3, -0.25) is 4.90 Å². The number of benzene rings is 1. The van der Waals surface area contributed by atoms with Crippen molar-refractivity contribution in [1.29, 1.82) is 0 Å². The summed E-state index contributed by atoms with van der Waals surface area (Å²) in [4.78, 5) is 14.3.